The number of hydrogen-bond donors (Lipinski definition) is 2. The van der Waals surface area contributed by atoms with Crippen molar-refractivity contribution in [3.05, 3.63) is 70.6 Å². The fourth-order valence-electron chi connectivity index (χ4n) is 3.41. The monoisotopic (exact) mass is 428 g/mol. The number of nitrogens with one attached hydrogen (secondary N) is 2. The predicted octanol–water partition coefficient (Wildman–Crippen LogP) is 4.00. The van der Waals surface area contributed by atoms with E-state index in [9.17, 15) is 9.18 Å². The van der Waals surface area contributed by atoms with E-state index >= 15 is 0 Å². The number of halogens is 2. The van der Waals surface area contributed by atoms with Gasteiger partial charge >= 0.3 is 0 Å². The number of morpholine rings is 1. The highest BCUT2D eigenvalue weighted by Crippen LogP contribution is 2.26. The highest BCUT2D eigenvalue weighted by atomic mass is 35.5. The van der Waals surface area contributed by atoms with Crippen molar-refractivity contribution >= 4 is 23.5 Å². The molecule has 0 unspecified atom stereocenters. The zero-order valence-corrected chi connectivity index (χ0v) is 17.1. The average Bonchev–Trinajstić information content (AvgIpc) is 3.16. The Morgan fingerprint density at radius 2 is 1.90 bits per heavy atom. The van der Waals surface area contributed by atoms with Crippen LogP contribution in [-0.4, -0.2) is 53.6 Å². The summed E-state index contributed by atoms with van der Waals surface area (Å²) in [5, 5.41) is 3.31. The van der Waals surface area contributed by atoms with Crippen molar-refractivity contribution in [2.24, 2.45) is 0 Å². The number of anilines is 1. The molecule has 1 aliphatic rings. The molecule has 0 bridgehead atoms. The Kier molecular flexibility index (Phi) is 6.42. The molecule has 1 fully saturated rings. The molecule has 1 saturated heterocycles. The number of hydrogen-bond acceptors (Lipinski definition) is 4. The van der Waals surface area contributed by atoms with E-state index in [1.54, 1.807) is 24.3 Å². The number of aromatic nitrogens is 2. The molecule has 1 amide bonds. The number of ether oxygens (including phenoxy) is 1. The minimum Gasteiger partial charge on any atom is -0.379 e. The summed E-state index contributed by atoms with van der Waals surface area (Å²) in [6.07, 6.45) is 0.723. The van der Waals surface area contributed by atoms with Gasteiger partial charge in [0.2, 0.25) is 5.95 Å². The number of carbonyl (C=O) groups excluding carboxylic acids is 1. The van der Waals surface area contributed by atoms with Crippen LogP contribution in [0.15, 0.2) is 48.5 Å². The van der Waals surface area contributed by atoms with Crippen LogP contribution >= 0.6 is 11.6 Å². The lowest BCUT2D eigenvalue weighted by Gasteiger charge is -2.26. The Bertz CT molecular complexity index is 1020. The molecule has 0 atom stereocenters. The molecule has 2 heterocycles. The van der Waals surface area contributed by atoms with Crippen LogP contribution < -0.4 is 5.32 Å². The van der Waals surface area contributed by atoms with Crippen LogP contribution in [0.4, 0.5) is 10.3 Å². The van der Waals surface area contributed by atoms with Crippen molar-refractivity contribution < 1.29 is 13.9 Å². The third kappa shape index (κ3) is 4.87. The van der Waals surface area contributed by atoms with Crippen molar-refractivity contribution in [1.82, 2.24) is 14.9 Å². The van der Waals surface area contributed by atoms with Crippen molar-refractivity contribution in [3.63, 3.8) is 0 Å². The standard InChI is InChI=1S/C22H22ClFN4O2/c23-16-7-5-15(6-8-16)20-19(9-10-28-11-13-30-14-12-28)25-22(26-20)27-21(29)17-3-1-2-4-18(17)24/h1-8H,9-14H2,(H2,25,26,27,29). The molecule has 1 aromatic heterocycles. The van der Waals surface area contributed by atoms with Crippen molar-refractivity contribution in [2.45, 2.75) is 6.42 Å². The first-order valence-electron chi connectivity index (χ1n) is 9.81. The fraction of sp³-hybridized carbons (Fsp3) is 0.273. The van der Waals surface area contributed by atoms with Crippen LogP contribution in [0.5, 0.6) is 0 Å². The van der Waals surface area contributed by atoms with E-state index in [1.807, 2.05) is 12.1 Å². The second kappa shape index (κ2) is 9.38. The van der Waals surface area contributed by atoms with Crippen LogP contribution in [-0.2, 0) is 11.2 Å². The summed E-state index contributed by atoms with van der Waals surface area (Å²) in [4.78, 5) is 22.6. The molecule has 0 radical (unpaired) electrons. The summed E-state index contributed by atoms with van der Waals surface area (Å²) in [5.41, 5.74) is 2.49. The molecule has 0 aliphatic carbocycles. The van der Waals surface area contributed by atoms with Crippen LogP contribution in [0.1, 0.15) is 16.1 Å². The predicted molar refractivity (Wildman–Crippen MR) is 114 cm³/mol. The highest BCUT2D eigenvalue weighted by Gasteiger charge is 2.18. The Labute approximate surface area is 179 Å². The third-order valence-electron chi connectivity index (χ3n) is 5.03. The van der Waals surface area contributed by atoms with Gasteiger partial charge in [-0.1, -0.05) is 35.9 Å². The van der Waals surface area contributed by atoms with E-state index in [0.29, 0.717) is 5.02 Å². The number of benzene rings is 2. The maximum Gasteiger partial charge on any atom is 0.260 e. The summed E-state index contributed by atoms with van der Waals surface area (Å²) < 4.78 is 19.3. The molecule has 6 nitrogen and oxygen atoms in total. The van der Waals surface area contributed by atoms with Gasteiger partial charge in [-0.2, -0.15) is 0 Å². The second-order valence-corrected chi connectivity index (χ2v) is 7.49. The normalized spacial score (nSPS) is 14.6. The molecule has 1 aliphatic heterocycles. The Balaban J connectivity index is 1.57. The van der Waals surface area contributed by atoms with E-state index in [1.165, 1.54) is 12.1 Å². The largest absolute Gasteiger partial charge is 0.379 e. The Morgan fingerprint density at radius 1 is 1.17 bits per heavy atom. The Morgan fingerprint density at radius 3 is 2.63 bits per heavy atom. The van der Waals surface area contributed by atoms with E-state index in [-0.39, 0.29) is 11.5 Å². The summed E-state index contributed by atoms with van der Waals surface area (Å²) in [6, 6.07) is 13.2. The van der Waals surface area contributed by atoms with Crippen molar-refractivity contribution in [3.8, 4) is 11.3 Å². The number of H-pyrrole nitrogens is 1. The molecular weight excluding hydrogens is 407 g/mol. The quantitative estimate of drug-likeness (QED) is 0.622. The minimum atomic E-state index is -0.577. The summed E-state index contributed by atoms with van der Waals surface area (Å²) in [6.45, 7) is 4.09. The van der Waals surface area contributed by atoms with Gasteiger partial charge in [0.25, 0.3) is 5.91 Å². The molecule has 30 heavy (non-hydrogen) atoms. The number of rotatable bonds is 6. The lowest BCUT2D eigenvalue weighted by Crippen LogP contribution is -2.37. The van der Waals surface area contributed by atoms with Gasteiger partial charge in [-0.05, 0) is 24.3 Å². The first-order valence-corrected chi connectivity index (χ1v) is 10.2. The molecule has 0 spiro atoms. The number of carbonyl (C=O) groups is 1. The van der Waals surface area contributed by atoms with Crippen LogP contribution in [0.25, 0.3) is 11.3 Å². The maximum absolute atomic E-state index is 13.9. The molecule has 2 N–H and O–H groups in total. The molecule has 2 aromatic carbocycles. The van der Waals surface area contributed by atoms with Gasteiger partial charge in [-0.25, -0.2) is 9.37 Å². The number of imidazole rings is 1. The molecule has 156 valence electrons. The van der Waals surface area contributed by atoms with Gasteiger partial charge in [0, 0.05) is 42.3 Å². The van der Waals surface area contributed by atoms with Gasteiger partial charge < -0.3 is 9.72 Å². The third-order valence-corrected chi connectivity index (χ3v) is 5.28. The fourth-order valence-corrected chi connectivity index (χ4v) is 3.54. The van der Waals surface area contributed by atoms with Gasteiger partial charge in [0.1, 0.15) is 5.82 Å². The Hall–Kier alpha value is -2.74. The first-order chi connectivity index (χ1) is 14.6. The van der Waals surface area contributed by atoms with Crippen molar-refractivity contribution in [2.75, 3.05) is 38.2 Å². The van der Waals surface area contributed by atoms with E-state index < -0.39 is 11.7 Å². The lowest BCUT2D eigenvalue weighted by atomic mass is 10.1. The molecular formula is C22H22ClFN4O2. The molecule has 4 rings (SSSR count). The SMILES string of the molecule is O=C(Nc1nc(-c2ccc(Cl)cc2)c(CCN2CCOCC2)[nH]1)c1ccccc1F. The number of nitrogens with zero attached hydrogens (tertiary/aromatic N) is 2. The summed E-state index contributed by atoms with van der Waals surface area (Å²) >= 11 is 6.02. The van der Waals surface area contributed by atoms with Gasteiger partial charge in [0.05, 0.1) is 24.5 Å². The molecule has 8 heteroatoms. The van der Waals surface area contributed by atoms with Gasteiger partial charge in [-0.15, -0.1) is 0 Å². The zero-order valence-electron chi connectivity index (χ0n) is 16.3. The number of amides is 1. The van der Waals surface area contributed by atoms with Crippen LogP contribution in [0.3, 0.4) is 0 Å². The van der Waals surface area contributed by atoms with Crippen molar-refractivity contribution in [1.29, 1.82) is 0 Å². The molecule has 0 saturated carbocycles. The topological polar surface area (TPSA) is 70.2 Å². The molecule has 3 aromatic rings. The van der Waals surface area contributed by atoms with E-state index in [0.717, 1.165) is 56.2 Å². The van der Waals surface area contributed by atoms with E-state index in [4.69, 9.17) is 16.3 Å². The first kappa shape index (κ1) is 20.5. The highest BCUT2D eigenvalue weighted by molar-refractivity contribution is 6.30. The van der Waals surface area contributed by atoms with E-state index in [2.05, 4.69) is 20.2 Å². The second-order valence-electron chi connectivity index (χ2n) is 7.06. The van der Waals surface area contributed by atoms with Gasteiger partial charge in [0.15, 0.2) is 0 Å². The summed E-state index contributed by atoms with van der Waals surface area (Å²) in [7, 11) is 0. The smallest absolute Gasteiger partial charge is 0.260 e. The van der Waals surface area contributed by atoms with Gasteiger partial charge in [-0.3, -0.25) is 15.0 Å². The average molecular weight is 429 g/mol. The maximum atomic E-state index is 13.9. The summed E-state index contributed by atoms with van der Waals surface area (Å²) in [5.74, 6) is -0.846. The number of aromatic amines is 1. The van der Waals surface area contributed by atoms with Crippen LogP contribution in [0.2, 0.25) is 5.02 Å². The lowest BCUT2D eigenvalue weighted by molar-refractivity contribution is 0.0383. The van der Waals surface area contributed by atoms with Crippen LogP contribution in [0, 0.1) is 5.82 Å². The zero-order chi connectivity index (χ0) is 20.9. The minimum absolute atomic E-state index is 0.0307.